The molecule has 1 saturated heterocycles. The van der Waals surface area contributed by atoms with Crippen LogP contribution in [0.4, 0.5) is 0 Å². The number of rotatable bonds is 3. The summed E-state index contributed by atoms with van der Waals surface area (Å²) in [4.78, 5) is 11.2. The molecular weight excluding hydrogens is 232 g/mol. The van der Waals surface area contributed by atoms with Crippen LogP contribution in [-0.2, 0) is 4.79 Å². The quantitative estimate of drug-likeness (QED) is 0.736. The molecule has 1 fully saturated rings. The maximum absolute atomic E-state index is 11.2. The van der Waals surface area contributed by atoms with Crippen LogP contribution >= 0.6 is 0 Å². The molecule has 1 aliphatic heterocycles. The zero-order valence-electron chi connectivity index (χ0n) is 10.6. The molecule has 0 saturated carbocycles. The number of aliphatic carboxylic acids is 1. The minimum Gasteiger partial charge on any atom is -0.496 e. The van der Waals surface area contributed by atoms with Crippen LogP contribution in [0.3, 0.4) is 0 Å². The molecule has 5 nitrogen and oxygen atoms in total. The van der Waals surface area contributed by atoms with Crippen molar-refractivity contribution in [2.75, 3.05) is 20.2 Å². The summed E-state index contributed by atoms with van der Waals surface area (Å²) < 4.78 is 5.21. The molecule has 1 aromatic carbocycles. The van der Waals surface area contributed by atoms with Crippen LogP contribution in [-0.4, -0.2) is 37.3 Å². The van der Waals surface area contributed by atoms with Gasteiger partial charge in [-0.05, 0) is 24.1 Å². The van der Waals surface area contributed by atoms with Crippen molar-refractivity contribution in [2.24, 2.45) is 0 Å². The highest BCUT2D eigenvalue weighted by Gasteiger charge is 2.31. The van der Waals surface area contributed by atoms with Gasteiger partial charge < -0.3 is 20.5 Å². The van der Waals surface area contributed by atoms with Crippen molar-refractivity contribution in [1.29, 1.82) is 0 Å². The van der Waals surface area contributed by atoms with E-state index in [0.29, 0.717) is 6.54 Å². The minimum atomic E-state index is -0.833. The predicted molar refractivity (Wildman–Crippen MR) is 67.9 cm³/mol. The van der Waals surface area contributed by atoms with Crippen molar-refractivity contribution in [2.45, 2.75) is 19.0 Å². The first kappa shape index (κ1) is 12.9. The summed E-state index contributed by atoms with van der Waals surface area (Å²) in [6.45, 7) is 3.39. The maximum atomic E-state index is 11.2. The van der Waals surface area contributed by atoms with Crippen molar-refractivity contribution >= 4 is 5.97 Å². The Kier molecular flexibility index (Phi) is 3.84. The number of nitrogens with one attached hydrogen (secondary N) is 2. The SMILES string of the molecule is COc1ccc(C2NCCNC2C(=O)O)cc1C. The predicted octanol–water partition coefficient (Wildman–Crippen LogP) is 0.691. The second-order valence-electron chi connectivity index (χ2n) is 4.43. The average molecular weight is 250 g/mol. The summed E-state index contributed by atoms with van der Waals surface area (Å²) >= 11 is 0. The van der Waals surface area contributed by atoms with Crippen molar-refractivity contribution in [3.05, 3.63) is 29.3 Å². The molecule has 0 aromatic heterocycles. The van der Waals surface area contributed by atoms with Gasteiger partial charge in [0.25, 0.3) is 0 Å². The smallest absolute Gasteiger partial charge is 0.322 e. The van der Waals surface area contributed by atoms with Crippen molar-refractivity contribution < 1.29 is 14.6 Å². The van der Waals surface area contributed by atoms with E-state index in [2.05, 4.69) is 10.6 Å². The molecule has 98 valence electrons. The highest BCUT2D eigenvalue weighted by molar-refractivity contribution is 5.75. The monoisotopic (exact) mass is 250 g/mol. The second-order valence-corrected chi connectivity index (χ2v) is 4.43. The fourth-order valence-electron chi connectivity index (χ4n) is 2.33. The number of benzene rings is 1. The Hall–Kier alpha value is -1.59. The number of methoxy groups -OCH3 is 1. The number of carboxylic acid groups (broad SMARTS) is 1. The topological polar surface area (TPSA) is 70.6 Å². The summed E-state index contributed by atoms with van der Waals surface area (Å²) in [5, 5.41) is 15.5. The molecule has 0 aliphatic carbocycles. The van der Waals surface area contributed by atoms with E-state index in [9.17, 15) is 9.90 Å². The van der Waals surface area contributed by atoms with Crippen LogP contribution < -0.4 is 15.4 Å². The van der Waals surface area contributed by atoms with Crippen LogP contribution in [0.1, 0.15) is 17.2 Å². The molecule has 2 rings (SSSR count). The summed E-state index contributed by atoms with van der Waals surface area (Å²) in [5.41, 5.74) is 1.97. The van der Waals surface area contributed by atoms with Crippen LogP contribution in [0.2, 0.25) is 0 Å². The third kappa shape index (κ3) is 2.47. The van der Waals surface area contributed by atoms with E-state index >= 15 is 0 Å². The van der Waals surface area contributed by atoms with Crippen molar-refractivity contribution in [3.63, 3.8) is 0 Å². The van der Waals surface area contributed by atoms with Gasteiger partial charge in [0.1, 0.15) is 11.8 Å². The van der Waals surface area contributed by atoms with Crippen LogP contribution in [0.15, 0.2) is 18.2 Å². The summed E-state index contributed by atoms with van der Waals surface area (Å²) in [6.07, 6.45) is 0. The molecule has 5 heteroatoms. The molecule has 1 heterocycles. The van der Waals surface area contributed by atoms with Gasteiger partial charge in [-0.3, -0.25) is 4.79 Å². The van der Waals surface area contributed by atoms with Gasteiger partial charge in [0, 0.05) is 13.1 Å². The Morgan fingerprint density at radius 3 is 2.72 bits per heavy atom. The van der Waals surface area contributed by atoms with Gasteiger partial charge in [-0.25, -0.2) is 0 Å². The number of aryl methyl sites for hydroxylation is 1. The van der Waals surface area contributed by atoms with E-state index in [1.54, 1.807) is 7.11 Å². The minimum absolute atomic E-state index is 0.208. The maximum Gasteiger partial charge on any atom is 0.322 e. The molecule has 0 spiro atoms. The second kappa shape index (κ2) is 5.37. The zero-order valence-corrected chi connectivity index (χ0v) is 10.6. The average Bonchev–Trinajstić information content (AvgIpc) is 2.38. The lowest BCUT2D eigenvalue weighted by Gasteiger charge is -2.31. The molecule has 0 bridgehead atoms. The molecule has 3 N–H and O–H groups in total. The first-order valence-corrected chi connectivity index (χ1v) is 5.97. The normalized spacial score (nSPS) is 23.7. The van der Waals surface area contributed by atoms with E-state index < -0.39 is 12.0 Å². The third-order valence-electron chi connectivity index (χ3n) is 3.23. The summed E-state index contributed by atoms with van der Waals surface area (Å²) in [5.74, 6) is -0.0185. The van der Waals surface area contributed by atoms with E-state index in [1.807, 2.05) is 25.1 Å². The fourth-order valence-corrected chi connectivity index (χ4v) is 2.33. The van der Waals surface area contributed by atoms with E-state index in [1.165, 1.54) is 0 Å². The van der Waals surface area contributed by atoms with Crippen LogP contribution in [0, 0.1) is 6.92 Å². The van der Waals surface area contributed by atoms with Gasteiger partial charge in [-0.2, -0.15) is 0 Å². The van der Waals surface area contributed by atoms with Gasteiger partial charge in [-0.1, -0.05) is 12.1 Å². The van der Waals surface area contributed by atoms with Crippen molar-refractivity contribution in [1.82, 2.24) is 10.6 Å². The molecule has 18 heavy (non-hydrogen) atoms. The molecule has 0 amide bonds. The van der Waals surface area contributed by atoms with Crippen LogP contribution in [0.5, 0.6) is 5.75 Å². The molecule has 2 unspecified atom stereocenters. The van der Waals surface area contributed by atoms with Crippen molar-refractivity contribution in [3.8, 4) is 5.75 Å². The number of carbonyl (C=O) groups is 1. The fraction of sp³-hybridized carbons (Fsp3) is 0.462. The van der Waals surface area contributed by atoms with Gasteiger partial charge in [0.15, 0.2) is 0 Å². The highest BCUT2D eigenvalue weighted by Crippen LogP contribution is 2.25. The Morgan fingerprint density at radius 1 is 1.39 bits per heavy atom. The number of hydrogen-bond acceptors (Lipinski definition) is 4. The van der Waals surface area contributed by atoms with E-state index in [4.69, 9.17) is 4.74 Å². The van der Waals surface area contributed by atoms with Gasteiger partial charge in [-0.15, -0.1) is 0 Å². The van der Waals surface area contributed by atoms with E-state index in [-0.39, 0.29) is 6.04 Å². The molecule has 0 radical (unpaired) electrons. The summed E-state index contributed by atoms with van der Waals surface area (Å²) in [7, 11) is 1.63. The third-order valence-corrected chi connectivity index (χ3v) is 3.23. The number of carboxylic acids is 1. The first-order valence-electron chi connectivity index (χ1n) is 5.97. The Morgan fingerprint density at radius 2 is 2.11 bits per heavy atom. The number of piperazine rings is 1. The van der Waals surface area contributed by atoms with Crippen LogP contribution in [0.25, 0.3) is 0 Å². The number of ether oxygens (including phenoxy) is 1. The zero-order chi connectivity index (χ0) is 13.1. The van der Waals surface area contributed by atoms with Gasteiger partial charge in [0.05, 0.1) is 13.2 Å². The molecular formula is C13H18N2O3. The lowest BCUT2D eigenvalue weighted by Crippen LogP contribution is -2.54. The molecule has 1 aliphatic rings. The molecule has 1 aromatic rings. The highest BCUT2D eigenvalue weighted by atomic mass is 16.5. The largest absolute Gasteiger partial charge is 0.496 e. The van der Waals surface area contributed by atoms with E-state index in [0.717, 1.165) is 23.4 Å². The Balaban J connectivity index is 2.28. The Bertz CT molecular complexity index is 448. The lowest BCUT2D eigenvalue weighted by molar-refractivity contribution is -0.140. The first-order chi connectivity index (χ1) is 8.63. The lowest BCUT2D eigenvalue weighted by atomic mass is 9.96. The van der Waals surface area contributed by atoms with Gasteiger partial charge >= 0.3 is 5.97 Å². The summed E-state index contributed by atoms with van der Waals surface area (Å²) in [6, 6.07) is 4.96. The Labute approximate surface area is 106 Å². The van der Waals surface area contributed by atoms with Gasteiger partial charge in [0.2, 0.25) is 0 Å². The molecule has 2 atom stereocenters. The standard InChI is InChI=1S/C13H18N2O3/c1-8-7-9(3-4-10(8)18-2)11-12(13(16)17)15-6-5-14-11/h3-4,7,11-12,14-15H,5-6H2,1-2H3,(H,16,17). The number of hydrogen-bond donors (Lipinski definition) is 3.